The fraction of sp³-hybridized carbons (Fsp3) is 0. The number of aromatic hydroxyl groups is 2. The minimum Gasteiger partial charge on any atom is -0.505 e. The van der Waals surface area contributed by atoms with Crippen LogP contribution in [0.4, 0.5) is 0 Å². The smallest absolute Gasteiger partial charge is 0.339 e. The van der Waals surface area contributed by atoms with Gasteiger partial charge in [-0.1, -0.05) is 46.8 Å². The molecule has 4 N–H and O–H groups in total. The minimum absolute atomic E-state index is 0.178. The van der Waals surface area contributed by atoms with Crippen LogP contribution in [0.3, 0.4) is 0 Å². The third kappa shape index (κ3) is 3.88. The number of aromatic nitrogens is 6. The molecule has 5 rings (SSSR count). The van der Waals surface area contributed by atoms with Gasteiger partial charge >= 0.3 is 11.9 Å². The van der Waals surface area contributed by atoms with Crippen LogP contribution in [0.15, 0.2) is 73.1 Å². The fourth-order valence-electron chi connectivity index (χ4n) is 3.62. The van der Waals surface area contributed by atoms with Crippen molar-refractivity contribution in [3.05, 3.63) is 84.2 Å². The first kappa shape index (κ1) is 22.3. The Bertz CT molecular complexity index is 1500. The van der Waals surface area contributed by atoms with Gasteiger partial charge in [0.25, 0.3) is 0 Å². The zero-order valence-electron chi connectivity index (χ0n) is 18.2. The number of phenols is 2. The van der Waals surface area contributed by atoms with Crippen LogP contribution >= 0.6 is 0 Å². The highest BCUT2D eigenvalue weighted by molar-refractivity contribution is 5.92. The molecule has 0 radical (unpaired) electrons. The van der Waals surface area contributed by atoms with Gasteiger partial charge in [0.15, 0.2) is 11.5 Å². The topological polar surface area (TPSA) is 176 Å². The van der Waals surface area contributed by atoms with Crippen molar-refractivity contribution in [2.45, 2.75) is 0 Å². The molecule has 0 atom stereocenters. The standard InChI is InChI=1S/C24H16N6O6/c31-21-15(23(33)34)3-1-5-19(21)29-11-17(25-27-29)13-7-9-14(10-8-13)18-12-30(28-26-18)20-6-2-4-16(22(20)32)24(35)36/h1-12,31-32H,(H,33,34)(H,35,36). The summed E-state index contributed by atoms with van der Waals surface area (Å²) in [6.07, 6.45) is 3.12. The first-order chi connectivity index (χ1) is 17.3. The second-order valence-electron chi connectivity index (χ2n) is 7.63. The lowest BCUT2D eigenvalue weighted by molar-refractivity contribution is 0.0682. The molecule has 2 aromatic heterocycles. The molecule has 0 spiro atoms. The molecular formula is C24H16N6O6. The second kappa shape index (κ2) is 8.68. The molecule has 0 aliphatic rings. The Kier molecular flexibility index (Phi) is 5.37. The molecule has 0 unspecified atom stereocenters. The Labute approximate surface area is 201 Å². The zero-order chi connectivity index (χ0) is 25.4. The number of nitrogens with zero attached hydrogens (tertiary/aromatic N) is 6. The van der Waals surface area contributed by atoms with Crippen molar-refractivity contribution in [1.29, 1.82) is 0 Å². The summed E-state index contributed by atoms with van der Waals surface area (Å²) in [5, 5.41) is 55.1. The maximum atomic E-state index is 11.3. The fourth-order valence-corrected chi connectivity index (χ4v) is 3.62. The molecule has 178 valence electrons. The largest absolute Gasteiger partial charge is 0.505 e. The molecule has 3 aromatic carbocycles. The molecule has 12 nitrogen and oxygen atoms in total. The molecule has 12 heteroatoms. The molecule has 5 aromatic rings. The van der Waals surface area contributed by atoms with Crippen LogP contribution in [0, 0.1) is 0 Å². The lowest BCUT2D eigenvalue weighted by Crippen LogP contribution is -2.01. The van der Waals surface area contributed by atoms with Gasteiger partial charge < -0.3 is 20.4 Å². The van der Waals surface area contributed by atoms with E-state index in [4.69, 9.17) is 0 Å². The summed E-state index contributed by atoms with van der Waals surface area (Å²) in [5.41, 5.74) is 2.25. The van der Waals surface area contributed by atoms with Crippen LogP contribution in [0.1, 0.15) is 20.7 Å². The summed E-state index contributed by atoms with van der Waals surface area (Å²) in [6.45, 7) is 0. The summed E-state index contributed by atoms with van der Waals surface area (Å²) in [7, 11) is 0. The van der Waals surface area contributed by atoms with Crippen LogP contribution in [0.25, 0.3) is 33.9 Å². The quantitative estimate of drug-likeness (QED) is 0.280. The monoisotopic (exact) mass is 484 g/mol. The predicted octanol–water partition coefficient (Wildman–Crippen LogP) is 2.99. The van der Waals surface area contributed by atoms with Crippen molar-refractivity contribution in [2.75, 3.05) is 0 Å². The maximum Gasteiger partial charge on any atom is 0.339 e. The van der Waals surface area contributed by atoms with Crippen LogP contribution < -0.4 is 0 Å². The average molecular weight is 484 g/mol. The lowest BCUT2D eigenvalue weighted by atomic mass is 10.1. The summed E-state index contributed by atoms with van der Waals surface area (Å²) in [4.78, 5) is 22.5. The maximum absolute atomic E-state index is 11.3. The summed E-state index contributed by atoms with van der Waals surface area (Å²) < 4.78 is 2.57. The number of benzene rings is 3. The Morgan fingerprint density at radius 1 is 0.611 bits per heavy atom. The first-order valence-corrected chi connectivity index (χ1v) is 10.4. The summed E-state index contributed by atoms with van der Waals surface area (Å²) in [6, 6.07) is 15.7. The van der Waals surface area contributed by atoms with Gasteiger partial charge in [0.2, 0.25) is 0 Å². The summed E-state index contributed by atoms with van der Waals surface area (Å²) in [5.74, 6) is -3.35. The molecule has 36 heavy (non-hydrogen) atoms. The molecule has 0 fully saturated rings. The molecule has 0 aliphatic carbocycles. The lowest BCUT2D eigenvalue weighted by Gasteiger charge is -2.06. The Morgan fingerprint density at radius 2 is 1.00 bits per heavy atom. The molecule has 0 aliphatic heterocycles. The molecule has 2 heterocycles. The summed E-state index contributed by atoms with van der Waals surface area (Å²) >= 11 is 0. The van der Waals surface area contributed by atoms with Crippen molar-refractivity contribution < 1.29 is 30.0 Å². The van der Waals surface area contributed by atoms with Gasteiger partial charge in [-0.2, -0.15) is 0 Å². The predicted molar refractivity (Wildman–Crippen MR) is 124 cm³/mol. The van der Waals surface area contributed by atoms with Gasteiger partial charge in [0, 0.05) is 11.1 Å². The number of hydrogen-bond acceptors (Lipinski definition) is 8. The van der Waals surface area contributed by atoms with E-state index in [1.54, 1.807) is 36.7 Å². The van der Waals surface area contributed by atoms with Crippen molar-refractivity contribution in [2.24, 2.45) is 0 Å². The minimum atomic E-state index is -1.26. The van der Waals surface area contributed by atoms with Gasteiger partial charge in [-0.25, -0.2) is 19.0 Å². The zero-order valence-corrected chi connectivity index (χ0v) is 18.2. The molecule has 0 saturated carbocycles. The van der Waals surface area contributed by atoms with Crippen LogP contribution in [0.5, 0.6) is 11.5 Å². The van der Waals surface area contributed by atoms with Crippen LogP contribution in [0.2, 0.25) is 0 Å². The third-order valence-corrected chi connectivity index (χ3v) is 5.45. The SMILES string of the molecule is O=C(O)c1cccc(-n2cc(-c3ccc(-c4cn(-c5cccc(C(=O)O)c5O)nn4)cc3)nn2)c1O. The number of carbonyl (C=O) groups is 2. The molecule has 0 bridgehead atoms. The Hall–Kier alpha value is -5.52. The van der Waals surface area contributed by atoms with E-state index in [0.29, 0.717) is 22.5 Å². The average Bonchev–Trinajstić information content (AvgIpc) is 3.55. The van der Waals surface area contributed by atoms with Crippen molar-refractivity contribution in [1.82, 2.24) is 30.0 Å². The Morgan fingerprint density at radius 3 is 1.36 bits per heavy atom. The highest BCUT2D eigenvalue weighted by Crippen LogP contribution is 2.29. The first-order valence-electron chi connectivity index (χ1n) is 10.4. The van der Waals surface area contributed by atoms with E-state index in [1.165, 1.54) is 45.8 Å². The number of carboxylic acids is 2. The van der Waals surface area contributed by atoms with E-state index in [1.807, 2.05) is 0 Å². The van der Waals surface area contributed by atoms with Gasteiger partial charge in [-0.15, -0.1) is 10.2 Å². The van der Waals surface area contributed by atoms with E-state index >= 15 is 0 Å². The van der Waals surface area contributed by atoms with E-state index < -0.39 is 23.4 Å². The number of para-hydroxylation sites is 2. The highest BCUT2D eigenvalue weighted by Gasteiger charge is 2.17. The van der Waals surface area contributed by atoms with Gasteiger partial charge in [-0.05, 0) is 24.3 Å². The number of carboxylic acid groups (broad SMARTS) is 2. The van der Waals surface area contributed by atoms with Crippen molar-refractivity contribution in [3.8, 4) is 45.4 Å². The Balaban J connectivity index is 1.40. The van der Waals surface area contributed by atoms with E-state index in [9.17, 15) is 30.0 Å². The number of hydrogen-bond donors (Lipinski definition) is 4. The van der Waals surface area contributed by atoms with Gasteiger partial charge in [0.05, 0.1) is 12.4 Å². The van der Waals surface area contributed by atoms with Gasteiger partial charge in [0.1, 0.15) is 33.9 Å². The van der Waals surface area contributed by atoms with Crippen LogP contribution in [-0.4, -0.2) is 62.4 Å². The molecular weight excluding hydrogens is 468 g/mol. The number of aromatic carboxylic acids is 2. The van der Waals surface area contributed by atoms with Crippen LogP contribution in [-0.2, 0) is 0 Å². The van der Waals surface area contributed by atoms with E-state index in [-0.39, 0.29) is 22.5 Å². The normalized spacial score (nSPS) is 10.9. The second-order valence-corrected chi connectivity index (χ2v) is 7.63. The third-order valence-electron chi connectivity index (χ3n) is 5.45. The molecule has 0 amide bonds. The van der Waals surface area contributed by atoms with Gasteiger partial charge in [-0.3, -0.25) is 0 Å². The number of rotatable bonds is 6. The molecule has 0 saturated heterocycles. The van der Waals surface area contributed by atoms with E-state index in [2.05, 4.69) is 20.6 Å². The van der Waals surface area contributed by atoms with Crippen molar-refractivity contribution in [3.63, 3.8) is 0 Å². The van der Waals surface area contributed by atoms with Crippen molar-refractivity contribution >= 4 is 11.9 Å². The van der Waals surface area contributed by atoms with E-state index in [0.717, 1.165) is 0 Å². The highest BCUT2D eigenvalue weighted by atomic mass is 16.4.